The van der Waals surface area contributed by atoms with Crippen molar-refractivity contribution < 1.29 is 19.1 Å². The summed E-state index contributed by atoms with van der Waals surface area (Å²) >= 11 is 11.2. The third-order valence-corrected chi connectivity index (χ3v) is 2.36. The van der Waals surface area contributed by atoms with Crippen LogP contribution in [-0.4, -0.2) is 17.1 Å². The van der Waals surface area contributed by atoms with E-state index >= 15 is 0 Å². The van der Waals surface area contributed by atoms with E-state index in [2.05, 4.69) is 5.32 Å². The molecule has 1 rings (SSSR count). The number of hydrogen-bond donors (Lipinski definition) is 1. The number of nitrogens with one attached hydrogen (secondary N) is 1. The molecule has 0 radical (unpaired) electrons. The summed E-state index contributed by atoms with van der Waals surface area (Å²) in [5.74, 6) is -1.03. The Morgan fingerprint density at radius 2 is 1.83 bits per heavy atom. The summed E-state index contributed by atoms with van der Waals surface area (Å²) in [6.07, 6.45) is 0. The van der Waals surface area contributed by atoms with Gasteiger partial charge in [0.2, 0.25) is 5.91 Å². The van der Waals surface area contributed by atoms with Crippen LogP contribution < -0.4 is 10.1 Å². The van der Waals surface area contributed by atoms with Gasteiger partial charge in [0.25, 0.3) is 5.24 Å². The number of esters is 1. The number of anilines is 1. The fourth-order valence-electron chi connectivity index (χ4n) is 1.23. The first-order valence-corrected chi connectivity index (χ1v) is 5.56. The van der Waals surface area contributed by atoms with Gasteiger partial charge in [-0.3, -0.25) is 14.4 Å². The van der Waals surface area contributed by atoms with E-state index < -0.39 is 11.2 Å². The first kappa shape index (κ1) is 14.5. The fraction of sp³-hybridized carbons (Fsp3) is 0.182. The highest BCUT2D eigenvalue weighted by atomic mass is 35.5. The molecule has 96 valence electrons. The molecule has 18 heavy (non-hydrogen) atoms. The van der Waals surface area contributed by atoms with Crippen molar-refractivity contribution in [3.05, 3.63) is 22.7 Å². The Morgan fingerprint density at radius 3 is 2.28 bits per heavy atom. The van der Waals surface area contributed by atoms with Gasteiger partial charge in [-0.25, -0.2) is 0 Å². The summed E-state index contributed by atoms with van der Waals surface area (Å²) in [4.78, 5) is 33.0. The Kier molecular flexibility index (Phi) is 4.69. The predicted octanol–water partition coefficient (Wildman–Crippen LogP) is 2.60. The zero-order valence-corrected chi connectivity index (χ0v) is 11.1. The van der Waals surface area contributed by atoms with Crippen molar-refractivity contribution in [3.8, 4) is 5.75 Å². The minimum Gasteiger partial charge on any atom is -0.426 e. The average molecular weight is 290 g/mol. The van der Waals surface area contributed by atoms with Crippen LogP contribution in [0.25, 0.3) is 0 Å². The largest absolute Gasteiger partial charge is 0.426 e. The van der Waals surface area contributed by atoms with E-state index in [-0.39, 0.29) is 27.9 Å². The van der Waals surface area contributed by atoms with Gasteiger partial charge >= 0.3 is 5.97 Å². The lowest BCUT2D eigenvalue weighted by molar-refractivity contribution is -0.131. The Balaban J connectivity index is 3.30. The third kappa shape index (κ3) is 3.72. The molecule has 0 atom stereocenters. The molecule has 0 saturated heterocycles. The molecule has 0 bridgehead atoms. The Hall–Kier alpha value is -1.59. The number of carbonyl (C=O) groups excluding carboxylic acids is 3. The number of amides is 1. The smallest absolute Gasteiger partial charge is 0.308 e. The summed E-state index contributed by atoms with van der Waals surface area (Å²) < 4.78 is 4.83. The zero-order chi connectivity index (χ0) is 13.9. The van der Waals surface area contributed by atoms with Crippen LogP contribution in [-0.2, 0) is 9.59 Å². The standard InChI is InChI=1S/C11H9Cl2NO4/c1-5(15)14-9-4-10(18-6(2)16)7(11(13)17)3-8(9)12/h3-4H,1-2H3,(H,14,15). The van der Waals surface area contributed by atoms with Crippen LogP contribution in [0.3, 0.4) is 0 Å². The first-order valence-electron chi connectivity index (χ1n) is 4.80. The van der Waals surface area contributed by atoms with Crippen molar-refractivity contribution in [2.75, 3.05) is 5.32 Å². The van der Waals surface area contributed by atoms with Crippen LogP contribution in [0, 0.1) is 0 Å². The van der Waals surface area contributed by atoms with Gasteiger partial charge in [-0.2, -0.15) is 0 Å². The van der Waals surface area contributed by atoms with Crippen LogP contribution in [0.5, 0.6) is 5.75 Å². The van der Waals surface area contributed by atoms with Gasteiger partial charge in [-0.05, 0) is 17.7 Å². The molecule has 0 aromatic heterocycles. The van der Waals surface area contributed by atoms with E-state index in [4.69, 9.17) is 27.9 Å². The summed E-state index contributed by atoms with van der Waals surface area (Å²) in [6, 6.07) is 2.49. The van der Waals surface area contributed by atoms with E-state index in [1.165, 1.54) is 26.0 Å². The number of halogens is 2. The number of rotatable bonds is 3. The molecule has 1 N–H and O–H groups in total. The molecule has 1 aromatic rings. The lowest BCUT2D eigenvalue weighted by Gasteiger charge is -2.10. The normalized spacial score (nSPS) is 9.78. The first-order chi connectivity index (χ1) is 8.31. The lowest BCUT2D eigenvalue weighted by Crippen LogP contribution is -2.09. The molecule has 0 heterocycles. The highest BCUT2D eigenvalue weighted by molar-refractivity contribution is 6.68. The molecule has 0 aliphatic heterocycles. The monoisotopic (exact) mass is 289 g/mol. The minimum absolute atomic E-state index is 0.0500. The summed E-state index contributed by atoms with van der Waals surface area (Å²) in [7, 11) is 0. The van der Waals surface area contributed by atoms with Gasteiger partial charge in [0.15, 0.2) is 0 Å². The molecular formula is C11H9Cl2NO4. The SMILES string of the molecule is CC(=O)Nc1cc(OC(C)=O)c(C(=O)Cl)cc1Cl. The van der Waals surface area contributed by atoms with Gasteiger partial charge in [-0.1, -0.05) is 11.6 Å². The predicted molar refractivity (Wildman–Crippen MR) is 67.2 cm³/mol. The Labute approximate surface area is 113 Å². The van der Waals surface area contributed by atoms with E-state index in [0.29, 0.717) is 0 Å². The molecule has 0 saturated carbocycles. The summed E-state index contributed by atoms with van der Waals surface area (Å²) in [5.41, 5.74) is 0.174. The highest BCUT2D eigenvalue weighted by Crippen LogP contribution is 2.32. The number of ether oxygens (including phenoxy) is 1. The van der Waals surface area contributed by atoms with E-state index in [0.717, 1.165) is 0 Å². The van der Waals surface area contributed by atoms with Crippen LogP contribution in [0.15, 0.2) is 12.1 Å². The second-order valence-electron chi connectivity index (χ2n) is 3.38. The molecule has 1 aromatic carbocycles. The topological polar surface area (TPSA) is 72.5 Å². The maximum atomic E-state index is 11.2. The average Bonchev–Trinajstić information content (AvgIpc) is 2.20. The second kappa shape index (κ2) is 5.84. The van der Waals surface area contributed by atoms with Gasteiger partial charge in [0.05, 0.1) is 16.3 Å². The molecule has 0 fully saturated rings. The number of carbonyl (C=O) groups is 3. The van der Waals surface area contributed by atoms with Crippen molar-refractivity contribution in [3.63, 3.8) is 0 Å². The maximum absolute atomic E-state index is 11.2. The van der Waals surface area contributed by atoms with Gasteiger partial charge < -0.3 is 10.1 Å². The van der Waals surface area contributed by atoms with Gasteiger partial charge in [0, 0.05) is 19.9 Å². The highest BCUT2D eigenvalue weighted by Gasteiger charge is 2.16. The molecule has 7 heteroatoms. The van der Waals surface area contributed by atoms with Crippen molar-refractivity contribution in [2.45, 2.75) is 13.8 Å². The van der Waals surface area contributed by atoms with E-state index in [1.54, 1.807) is 0 Å². The van der Waals surface area contributed by atoms with Crippen molar-refractivity contribution in [1.82, 2.24) is 0 Å². The Bertz CT molecular complexity index is 528. The fourth-order valence-corrected chi connectivity index (χ4v) is 1.59. The van der Waals surface area contributed by atoms with Crippen LogP contribution in [0.2, 0.25) is 5.02 Å². The van der Waals surface area contributed by atoms with Crippen LogP contribution >= 0.6 is 23.2 Å². The molecule has 0 aliphatic carbocycles. The molecule has 5 nitrogen and oxygen atoms in total. The molecule has 0 unspecified atom stereocenters. The van der Waals surface area contributed by atoms with Crippen molar-refractivity contribution in [2.24, 2.45) is 0 Å². The summed E-state index contributed by atoms with van der Waals surface area (Å²) in [5, 5.41) is 1.74. The van der Waals surface area contributed by atoms with Crippen molar-refractivity contribution >= 4 is 46.0 Å². The second-order valence-corrected chi connectivity index (χ2v) is 4.13. The van der Waals surface area contributed by atoms with Gasteiger partial charge in [0.1, 0.15) is 5.75 Å². The van der Waals surface area contributed by atoms with E-state index in [1.807, 2.05) is 0 Å². The molecular weight excluding hydrogens is 281 g/mol. The molecule has 1 amide bonds. The quantitative estimate of drug-likeness (QED) is 0.527. The maximum Gasteiger partial charge on any atom is 0.308 e. The van der Waals surface area contributed by atoms with E-state index in [9.17, 15) is 14.4 Å². The minimum atomic E-state index is -0.817. The third-order valence-electron chi connectivity index (χ3n) is 1.85. The van der Waals surface area contributed by atoms with Crippen molar-refractivity contribution in [1.29, 1.82) is 0 Å². The van der Waals surface area contributed by atoms with Crippen LogP contribution in [0.4, 0.5) is 5.69 Å². The van der Waals surface area contributed by atoms with Gasteiger partial charge in [-0.15, -0.1) is 0 Å². The summed E-state index contributed by atoms with van der Waals surface area (Å²) in [6.45, 7) is 2.47. The molecule has 0 spiro atoms. The van der Waals surface area contributed by atoms with Crippen LogP contribution in [0.1, 0.15) is 24.2 Å². The Morgan fingerprint density at radius 1 is 1.22 bits per heavy atom. The lowest BCUT2D eigenvalue weighted by atomic mass is 10.2. The molecule has 0 aliphatic rings. The number of hydrogen-bond acceptors (Lipinski definition) is 4. The zero-order valence-electron chi connectivity index (χ0n) is 9.54. The number of benzene rings is 1.